The molecule has 0 unspecified atom stereocenters. The Morgan fingerprint density at radius 2 is 2.31 bits per heavy atom. The maximum Gasteiger partial charge on any atom is 0.325 e. The zero-order chi connectivity index (χ0) is 12.0. The summed E-state index contributed by atoms with van der Waals surface area (Å²) in [7, 11) is 0. The summed E-state index contributed by atoms with van der Waals surface area (Å²) < 4.78 is 4.78. The van der Waals surface area contributed by atoms with Crippen LogP contribution in [0.1, 0.15) is 18.1 Å². The van der Waals surface area contributed by atoms with Gasteiger partial charge in [0.05, 0.1) is 18.2 Å². The first kappa shape index (κ1) is 12.1. The molecule has 0 aliphatic carbocycles. The molecule has 0 aromatic heterocycles. The minimum absolute atomic E-state index is 0.138. The Labute approximate surface area is 94.8 Å². The van der Waals surface area contributed by atoms with Gasteiger partial charge in [-0.05, 0) is 37.6 Å². The summed E-state index contributed by atoms with van der Waals surface area (Å²) in [6.07, 6.45) is 0. The van der Waals surface area contributed by atoms with Crippen molar-refractivity contribution in [2.45, 2.75) is 13.8 Å². The van der Waals surface area contributed by atoms with Crippen LogP contribution in [-0.2, 0) is 9.53 Å². The average Bonchev–Trinajstić information content (AvgIpc) is 2.27. The van der Waals surface area contributed by atoms with Crippen LogP contribution < -0.4 is 5.32 Å². The number of benzene rings is 1. The molecule has 84 valence electrons. The number of nitriles is 1. The fraction of sp³-hybridized carbons (Fsp3) is 0.333. The van der Waals surface area contributed by atoms with E-state index in [4.69, 9.17) is 10.00 Å². The van der Waals surface area contributed by atoms with E-state index in [1.165, 1.54) is 0 Å². The number of aryl methyl sites for hydroxylation is 1. The van der Waals surface area contributed by atoms with E-state index in [9.17, 15) is 4.79 Å². The minimum atomic E-state index is -0.287. The Morgan fingerprint density at radius 3 is 2.88 bits per heavy atom. The SMILES string of the molecule is CCOC(=O)CNc1ccc(C#N)c(C)c1. The van der Waals surface area contributed by atoms with Gasteiger partial charge in [-0.3, -0.25) is 4.79 Å². The number of nitrogens with one attached hydrogen (secondary N) is 1. The lowest BCUT2D eigenvalue weighted by atomic mass is 10.1. The number of esters is 1. The molecule has 1 N–H and O–H groups in total. The summed E-state index contributed by atoms with van der Waals surface area (Å²) in [6.45, 7) is 4.14. The number of carbonyl (C=O) groups is 1. The van der Waals surface area contributed by atoms with Gasteiger partial charge in [-0.2, -0.15) is 5.26 Å². The van der Waals surface area contributed by atoms with Crippen LogP contribution in [0.25, 0.3) is 0 Å². The molecule has 0 saturated carbocycles. The number of ether oxygens (including phenoxy) is 1. The van der Waals surface area contributed by atoms with Crippen molar-refractivity contribution in [3.05, 3.63) is 29.3 Å². The zero-order valence-corrected chi connectivity index (χ0v) is 9.41. The summed E-state index contributed by atoms with van der Waals surface area (Å²) in [5.41, 5.74) is 2.34. The molecule has 0 saturated heterocycles. The predicted octanol–water partition coefficient (Wildman–Crippen LogP) is 1.84. The van der Waals surface area contributed by atoms with Gasteiger partial charge in [0.15, 0.2) is 0 Å². The highest BCUT2D eigenvalue weighted by Crippen LogP contribution is 2.13. The number of hydrogen-bond acceptors (Lipinski definition) is 4. The van der Waals surface area contributed by atoms with Gasteiger partial charge < -0.3 is 10.1 Å². The van der Waals surface area contributed by atoms with Gasteiger partial charge in [0.25, 0.3) is 0 Å². The quantitative estimate of drug-likeness (QED) is 0.783. The van der Waals surface area contributed by atoms with Gasteiger partial charge in [-0.1, -0.05) is 0 Å². The van der Waals surface area contributed by atoms with Crippen LogP contribution >= 0.6 is 0 Å². The molecule has 16 heavy (non-hydrogen) atoms. The van der Waals surface area contributed by atoms with Crippen molar-refractivity contribution < 1.29 is 9.53 Å². The van der Waals surface area contributed by atoms with Crippen molar-refractivity contribution in [2.24, 2.45) is 0 Å². The standard InChI is InChI=1S/C12H14N2O2/c1-3-16-12(15)8-14-11-5-4-10(7-13)9(2)6-11/h4-6,14H,3,8H2,1-2H3. The lowest BCUT2D eigenvalue weighted by Crippen LogP contribution is -2.16. The first-order valence-corrected chi connectivity index (χ1v) is 5.07. The molecule has 0 bridgehead atoms. The average molecular weight is 218 g/mol. The summed E-state index contributed by atoms with van der Waals surface area (Å²) >= 11 is 0. The lowest BCUT2D eigenvalue weighted by molar-refractivity contribution is -0.140. The summed E-state index contributed by atoms with van der Waals surface area (Å²) in [4.78, 5) is 11.1. The molecule has 0 radical (unpaired) electrons. The number of hydrogen-bond donors (Lipinski definition) is 1. The minimum Gasteiger partial charge on any atom is -0.465 e. The summed E-state index contributed by atoms with van der Waals surface area (Å²) in [6, 6.07) is 7.41. The van der Waals surface area contributed by atoms with Crippen molar-refractivity contribution in [1.82, 2.24) is 0 Å². The van der Waals surface area contributed by atoms with Crippen LogP contribution in [0.15, 0.2) is 18.2 Å². The topological polar surface area (TPSA) is 62.1 Å². The Hall–Kier alpha value is -2.02. The molecule has 0 fully saturated rings. The van der Waals surface area contributed by atoms with Gasteiger partial charge >= 0.3 is 5.97 Å². The third-order valence-corrected chi connectivity index (χ3v) is 2.09. The highest BCUT2D eigenvalue weighted by molar-refractivity contribution is 5.75. The molecule has 0 spiro atoms. The molecule has 1 aromatic rings. The monoisotopic (exact) mass is 218 g/mol. The van der Waals surface area contributed by atoms with E-state index in [0.717, 1.165) is 11.3 Å². The smallest absolute Gasteiger partial charge is 0.325 e. The number of nitrogens with zero attached hydrogens (tertiary/aromatic N) is 1. The molecule has 0 aliphatic heterocycles. The fourth-order valence-corrected chi connectivity index (χ4v) is 1.29. The predicted molar refractivity (Wildman–Crippen MR) is 61.0 cm³/mol. The van der Waals surface area contributed by atoms with Gasteiger partial charge in [0.2, 0.25) is 0 Å². The zero-order valence-electron chi connectivity index (χ0n) is 9.41. The highest BCUT2D eigenvalue weighted by atomic mass is 16.5. The largest absolute Gasteiger partial charge is 0.465 e. The van der Waals surface area contributed by atoms with Crippen molar-refractivity contribution in [1.29, 1.82) is 5.26 Å². The Kier molecular flexibility index (Phi) is 4.34. The molecular formula is C12H14N2O2. The van der Waals surface area contributed by atoms with Gasteiger partial charge in [-0.15, -0.1) is 0 Å². The Morgan fingerprint density at radius 1 is 1.56 bits per heavy atom. The van der Waals surface area contributed by atoms with E-state index in [-0.39, 0.29) is 12.5 Å². The summed E-state index contributed by atoms with van der Waals surface area (Å²) in [5, 5.41) is 11.7. The third kappa shape index (κ3) is 3.28. The van der Waals surface area contributed by atoms with Crippen LogP contribution in [0.2, 0.25) is 0 Å². The fourth-order valence-electron chi connectivity index (χ4n) is 1.29. The van der Waals surface area contributed by atoms with Crippen molar-refractivity contribution in [3.8, 4) is 6.07 Å². The first-order valence-electron chi connectivity index (χ1n) is 5.07. The van der Waals surface area contributed by atoms with E-state index in [0.29, 0.717) is 12.2 Å². The highest BCUT2D eigenvalue weighted by Gasteiger charge is 2.02. The van der Waals surface area contributed by atoms with Crippen molar-refractivity contribution in [3.63, 3.8) is 0 Å². The maximum atomic E-state index is 11.1. The molecule has 4 nitrogen and oxygen atoms in total. The van der Waals surface area contributed by atoms with E-state index in [1.54, 1.807) is 19.1 Å². The van der Waals surface area contributed by atoms with E-state index in [1.807, 2.05) is 13.0 Å². The molecule has 0 atom stereocenters. The van der Waals surface area contributed by atoms with Crippen LogP contribution in [-0.4, -0.2) is 19.1 Å². The second-order valence-electron chi connectivity index (χ2n) is 3.30. The Balaban J connectivity index is 2.59. The molecule has 1 rings (SSSR count). The molecule has 0 aliphatic rings. The third-order valence-electron chi connectivity index (χ3n) is 2.09. The molecule has 4 heteroatoms. The van der Waals surface area contributed by atoms with Crippen LogP contribution in [0.3, 0.4) is 0 Å². The molecule has 0 heterocycles. The van der Waals surface area contributed by atoms with Crippen molar-refractivity contribution >= 4 is 11.7 Å². The number of carbonyl (C=O) groups excluding carboxylic acids is 1. The Bertz CT molecular complexity index is 422. The van der Waals surface area contributed by atoms with Crippen molar-refractivity contribution in [2.75, 3.05) is 18.5 Å². The number of rotatable bonds is 4. The lowest BCUT2D eigenvalue weighted by Gasteiger charge is -2.07. The van der Waals surface area contributed by atoms with Gasteiger partial charge in [-0.25, -0.2) is 0 Å². The normalized spacial score (nSPS) is 9.31. The summed E-state index contributed by atoms with van der Waals surface area (Å²) in [5.74, 6) is -0.287. The van der Waals surface area contributed by atoms with Crippen LogP contribution in [0.5, 0.6) is 0 Å². The van der Waals surface area contributed by atoms with Crippen LogP contribution in [0, 0.1) is 18.3 Å². The molecule has 0 amide bonds. The first-order chi connectivity index (χ1) is 7.67. The molecular weight excluding hydrogens is 204 g/mol. The van der Waals surface area contributed by atoms with E-state index < -0.39 is 0 Å². The second kappa shape index (κ2) is 5.76. The van der Waals surface area contributed by atoms with E-state index >= 15 is 0 Å². The molecule has 1 aromatic carbocycles. The van der Waals surface area contributed by atoms with Crippen LogP contribution in [0.4, 0.5) is 5.69 Å². The van der Waals surface area contributed by atoms with E-state index in [2.05, 4.69) is 11.4 Å². The number of anilines is 1. The van der Waals surface area contributed by atoms with Gasteiger partial charge in [0, 0.05) is 5.69 Å². The van der Waals surface area contributed by atoms with Gasteiger partial charge in [0.1, 0.15) is 6.54 Å². The maximum absolute atomic E-state index is 11.1. The second-order valence-corrected chi connectivity index (χ2v) is 3.30.